The molecule has 0 fully saturated rings. The summed E-state index contributed by atoms with van der Waals surface area (Å²) >= 11 is 0. The SMILES string of the molecule is Cc1cc(C=O)c(O)c(C(C)c2ccc(C(c3cc(C)cc(C=O)c3O)c3cc(C)cc(C=O)c3O)cc2)c1. The van der Waals surface area contributed by atoms with Crippen LogP contribution in [0.4, 0.5) is 0 Å². The zero-order chi connectivity index (χ0) is 28.4. The van der Waals surface area contributed by atoms with Gasteiger partial charge in [0.15, 0.2) is 18.9 Å². The first-order valence-corrected chi connectivity index (χ1v) is 12.6. The summed E-state index contributed by atoms with van der Waals surface area (Å²) in [4.78, 5) is 34.8. The molecule has 0 amide bonds. The van der Waals surface area contributed by atoms with Crippen LogP contribution in [0, 0.1) is 20.8 Å². The third-order valence-corrected chi connectivity index (χ3v) is 7.18. The van der Waals surface area contributed by atoms with Crippen molar-refractivity contribution in [3.8, 4) is 17.2 Å². The number of phenols is 3. The summed E-state index contributed by atoms with van der Waals surface area (Å²) in [6.07, 6.45) is 1.81. The molecule has 0 aliphatic rings. The van der Waals surface area contributed by atoms with Crippen molar-refractivity contribution < 1.29 is 29.7 Å². The number of hydrogen-bond donors (Lipinski definition) is 3. The van der Waals surface area contributed by atoms with E-state index in [0.29, 0.717) is 41.1 Å². The lowest BCUT2D eigenvalue weighted by Gasteiger charge is -2.24. The average molecular weight is 523 g/mol. The Bertz CT molecular complexity index is 1520. The van der Waals surface area contributed by atoms with E-state index in [-0.39, 0.29) is 39.9 Å². The second-order valence-corrected chi connectivity index (χ2v) is 10.1. The van der Waals surface area contributed by atoms with Crippen LogP contribution in [0.2, 0.25) is 0 Å². The summed E-state index contributed by atoms with van der Waals surface area (Å²) < 4.78 is 0. The number of carbonyl (C=O) groups excluding carboxylic acids is 3. The average Bonchev–Trinajstić information content (AvgIpc) is 2.93. The number of phenolic OH excluding ortho intramolecular Hbond substituents is 3. The maximum Gasteiger partial charge on any atom is 0.153 e. The van der Waals surface area contributed by atoms with Gasteiger partial charge in [-0.1, -0.05) is 49.4 Å². The molecule has 4 aromatic carbocycles. The highest BCUT2D eigenvalue weighted by molar-refractivity contribution is 5.83. The number of carbonyl (C=O) groups is 3. The Morgan fingerprint density at radius 2 is 0.872 bits per heavy atom. The third kappa shape index (κ3) is 5.18. The molecule has 3 N–H and O–H groups in total. The van der Waals surface area contributed by atoms with Crippen molar-refractivity contribution in [3.63, 3.8) is 0 Å². The fourth-order valence-corrected chi connectivity index (χ4v) is 5.23. The van der Waals surface area contributed by atoms with Crippen LogP contribution in [0.15, 0.2) is 60.7 Å². The van der Waals surface area contributed by atoms with Crippen LogP contribution in [0.5, 0.6) is 17.2 Å². The van der Waals surface area contributed by atoms with Crippen molar-refractivity contribution in [1.29, 1.82) is 0 Å². The lowest BCUT2D eigenvalue weighted by Crippen LogP contribution is -2.08. The molecule has 0 aliphatic heterocycles. The van der Waals surface area contributed by atoms with Gasteiger partial charge in [0.05, 0.1) is 16.7 Å². The van der Waals surface area contributed by atoms with Crippen molar-refractivity contribution in [3.05, 3.63) is 122 Å². The first-order valence-electron chi connectivity index (χ1n) is 12.6. The van der Waals surface area contributed by atoms with Crippen molar-refractivity contribution in [2.45, 2.75) is 39.5 Å². The maximum absolute atomic E-state index is 11.7. The van der Waals surface area contributed by atoms with Crippen molar-refractivity contribution in [1.82, 2.24) is 0 Å². The number of aldehydes is 3. The normalized spacial score (nSPS) is 11.8. The van der Waals surface area contributed by atoms with Crippen LogP contribution in [-0.4, -0.2) is 34.2 Å². The van der Waals surface area contributed by atoms with E-state index in [1.807, 2.05) is 58.0 Å². The minimum Gasteiger partial charge on any atom is -0.507 e. The topological polar surface area (TPSA) is 112 Å². The van der Waals surface area contributed by atoms with Gasteiger partial charge in [-0.25, -0.2) is 0 Å². The quantitative estimate of drug-likeness (QED) is 0.180. The van der Waals surface area contributed by atoms with E-state index >= 15 is 0 Å². The van der Waals surface area contributed by atoms with Crippen LogP contribution in [0.1, 0.15) is 94.3 Å². The molecule has 6 nitrogen and oxygen atoms in total. The third-order valence-electron chi connectivity index (χ3n) is 7.18. The van der Waals surface area contributed by atoms with E-state index in [9.17, 15) is 29.7 Å². The van der Waals surface area contributed by atoms with Crippen LogP contribution in [0.3, 0.4) is 0 Å². The molecule has 0 saturated carbocycles. The fourth-order valence-electron chi connectivity index (χ4n) is 5.23. The van der Waals surface area contributed by atoms with Gasteiger partial charge in [0.1, 0.15) is 17.2 Å². The van der Waals surface area contributed by atoms with Gasteiger partial charge in [-0.2, -0.15) is 0 Å². The summed E-state index contributed by atoms with van der Waals surface area (Å²) in [5.41, 5.74) is 5.90. The second-order valence-electron chi connectivity index (χ2n) is 10.1. The largest absolute Gasteiger partial charge is 0.507 e. The minimum absolute atomic E-state index is 0.0535. The number of aromatic hydroxyl groups is 3. The van der Waals surface area contributed by atoms with Gasteiger partial charge in [-0.3, -0.25) is 14.4 Å². The van der Waals surface area contributed by atoms with Crippen molar-refractivity contribution in [2.24, 2.45) is 0 Å². The molecule has 4 rings (SSSR count). The van der Waals surface area contributed by atoms with Crippen molar-refractivity contribution in [2.75, 3.05) is 0 Å². The van der Waals surface area contributed by atoms with Gasteiger partial charge in [-0.15, -0.1) is 0 Å². The molecular formula is C33H30O6. The Morgan fingerprint density at radius 1 is 0.538 bits per heavy atom. The standard InChI is InChI=1S/C33H30O6/c1-18-9-24(15-34)31(37)27(12-18)21(4)22-5-7-23(8-6-22)30(28-13-19(2)10-25(16-35)32(28)38)29-14-20(3)11-26(17-36)33(29)39/h5-17,21,30,37-39H,1-4H3. The van der Waals surface area contributed by atoms with E-state index < -0.39 is 5.92 Å². The zero-order valence-corrected chi connectivity index (χ0v) is 22.2. The van der Waals surface area contributed by atoms with Crippen LogP contribution in [-0.2, 0) is 0 Å². The molecule has 0 bridgehead atoms. The monoisotopic (exact) mass is 522 g/mol. The van der Waals surface area contributed by atoms with Gasteiger partial charge in [0.2, 0.25) is 0 Å². The molecule has 0 aromatic heterocycles. The summed E-state index contributed by atoms with van der Waals surface area (Å²) in [5.74, 6) is -1.38. The molecule has 0 saturated heterocycles. The molecule has 0 aliphatic carbocycles. The highest BCUT2D eigenvalue weighted by Crippen LogP contribution is 2.44. The maximum atomic E-state index is 11.7. The van der Waals surface area contributed by atoms with E-state index in [2.05, 4.69) is 0 Å². The Morgan fingerprint density at radius 3 is 1.26 bits per heavy atom. The lowest BCUT2D eigenvalue weighted by atomic mass is 9.80. The Kier molecular flexibility index (Phi) is 7.68. The summed E-state index contributed by atoms with van der Waals surface area (Å²) in [7, 11) is 0. The van der Waals surface area contributed by atoms with E-state index in [1.165, 1.54) is 0 Å². The lowest BCUT2D eigenvalue weighted by molar-refractivity contribution is 0.111. The van der Waals surface area contributed by atoms with Crippen LogP contribution < -0.4 is 0 Å². The van der Waals surface area contributed by atoms with E-state index in [4.69, 9.17) is 0 Å². The second kappa shape index (κ2) is 11.0. The Hall–Kier alpha value is -4.71. The summed E-state index contributed by atoms with van der Waals surface area (Å²) in [6, 6.07) is 17.7. The molecule has 0 heterocycles. The first kappa shape index (κ1) is 27.3. The summed E-state index contributed by atoms with van der Waals surface area (Å²) in [5, 5.41) is 32.8. The van der Waals surface area contributed by atoms with Crippen LogP contribution >= 0.6 is 0 Å². The molecule has 0 radical (unpaired) electrons. The number of rotatable bonds is 8. The predicted octanol–water partition coefficient (Wildman–Crippen LogP) is 6.50. The Balaban J connectivity index is 1.90. The van der Waals surface area contributed by atoms with Crippen LogP contribution in [0.25, 0.3) is 0 Å². The van der Waals surface area contributed by atoms with Gasteiger partial charge in [-0.05, 0) is 66.8 Å². The smallest absolute Gasteiger partial charge is 0.153 e. The number of aryl methyl sites for hydroxylation is 3. The van der Waals surface area contributed by atoms with E-state index in [1.54, 1.807) is 30.3 Å². The molecule has 1 unspecified atom stereocenters. The number of benzene rings is 4. The molecule has 1 atom stereocenters. The van der Waals surface area contributed by atoms with Gasteiger partial charge < -0.3 is 15.3 Å². The zero-order valence-electron chi connectivity index (χ0n) is 22.2. The molecule has 39 heavy (non-hydrogen) atoms. The molecular weight excluding hydrogens is 492 g/mol. The molecule has 198 valence electrons. The van der Waals surface area contributed by atoms with Crippen molar-refractivity contribution >= 4 is 18.9 Å². The predicted molar refractivity (Wildman–Crippen MR) is 150 cm³/mol. The molecule has 4 aromatic rings. The Labute approximate surface area is 227 Å². The first-order chi connectivity index (χ1) is 18.6. The van der Waals surface area contributed by atoms with Gasteiger partial charge >= 0.3 is 0 Å². The fraction of sp³-hybridized carbons (Fsp3) is 0.182. The van der Waals surface area contributed by atoms with E-state index in [0.717, 1.165) is 22.3 Å². The summed E-state index contributed by atoms with van der Waals surface area (Å²) in [6.45, 7) is 7.42. The molecule has 6 heteroatoms. The van der Waals surface area contributed by atoms with Gasteiger partial charge in [0, 0.05) is 28.5 Å². The molecule has 0 spiro atoms. The highest BCUT2D eigenvalue weighted by Gasteiger charge is 2.27. The highest BCUT2D eigenvalue weighted by atomic mass is 16.3. The minimum atomic E-state index is -0.694. The number of hydrogen-bond acceptors (Lipinski definition) is 6. The van der Waals surface area contributed by atoms with Gasteiger partial charge in [0.25, 0.3) is 0 Å².